The fourth-order valence-electron chi connectivity index (χ4n) is 4.24. The Kier molecular flexibility index (Phi) is 3.48. The summed E-state index contributed by atoms with van der Waals surface area (Å²) in [6.45, 7) is 0. The van der Waals surface area contributed by atoms with E-state index in [1.54, 1.807) is 0 Å². The molecule has 21 heavy (non-hydrogen) atoms. The number of aryl methyl sites for hydroxylation is 1. The van der Waals surface area contributed by atoms with Crippen LogP contribution in [0, 0.1) is 0 Å². The summed E-state index contributed by atoms with van der Waals surface area (Å²) in [6, 6.07) is 9.67. The Bertz CT molecular complexity index is 633. The Balaban J connectivity index is 1.64. The van der Waals surface area contributed by atoms with Crippen molar-refractivity contribution in [3.63, 3.8) is 0 Å². The molecule has 1 aromatic carbocycles. The lowest BCUT2D eigenvalue weighted by Crippen LogP contribution is -2.40. The molecule has 0 aliphatic heterocycles. The van der Waals surface area contributed by atoms with E-state index >= 15 is 0 Å². The van der Waals surface area contributed by atoms with E-state index in [2.05, 4.69) is 34.6 Å². The van der Waals surface area contributed by atoms with Crippen LogP contribution in [0.15, 0.2) is 24.3 Å². The van der Waals surface area contributed by atoms with E-state index in [9.17, 15) is 0 Å². The van der Waals surface area contributed by atoms with Crippen molar-refractivity contribution in [3.05, 3.63) is 35.5 Å². The van der Waals surface area contributed by atoms with Gasteiger partial charge < -0.3 is 15.0 Å². The van der Waals surface area contributed by atoms with Gasteiger partial charge in [-0.1, -0.05) is 18.2 Å². The molecule has 112 valence electrons. The molecule has 0 saturated heterocycles. The molecule has 2 aliphatic rings. The van der Waals surface area contributed by atoms with Crippen molar-refractivity contribution < 1.29 is 4.74 Å². The van der Waals surface area contributed by atoms with Crippen molar-refractivity contribution in [1.29, 1.82) is 0 Å². The summed E-state index contributed by atoms with van der Waals surface area (Å²) in [5.41, 5.74) is 4.23. The minimum atomic E-state index is 0.389. The van der Waals surface area contributed by atoms with Gasteiger partial charge in [-0.05, 0) is 50.2 Å². The first-order valence-electron chi connectivity index (χ1n) is 8.25. The first-order chi connectivity index (χ1) is 10.4. The lowest BCUT2D eigenvalue weighted by molar-refractivity contribution is 0.0801. The fraction of sp³-hybridized carbons (Fsp3) is 0.556. The third-order valence-electron chi connectivity index (χ3n) is 5.29. The Morgan fingerprint density at radius 2 is 2.05 bits per heavy atom. The highest BCUT2D eigenvalue weighted by atomic mass is 16.5. The normalized spacial score (nSPS) is 28.9. The zero-order valence-corrected chi connectivity index (χ0v) is 12.7. The molecule has 1 heterocycles. The molecule has 1 saturated carbocycles. The number of benzene rings is 1. The van der Waals surface area contributed by atoms with Crippen LogP contribution in [-0.2, 0) is 11.2 Å². The summed E-state index contributed by atoms with van der Waals surface area (Å²) in [5, 5.41) is 5.29. The number of aromatic amines is 1. The van der Waals surface area contributed by atoms with Crippen molar-refractivity contribution >= 4 is 10.9 Å². The zero-order chi connectivity index (χ0) is 14.2. The van der Waals surface area contributed by atoms with E-state index in [1.807, 2.05) is 7.11 Å². The fourth-order valence-corrected chi connectivity index (χ4v) is 4.24. The first kappa shape index (κ1) is 13.4. The quantitative estimate of drug-likeness (QED) is 0.901. The average Bonchev–Trinajstić information content (AvgIpc) is 3.12. The van der Waals surface area contributed by atoms with Gasteiger partial charge in [0.05, 0.1) is 6.10 Å². The number of methoxy groups -OCH3 is 1. The van der Waals surface area contributed by atoms with Crippen LogP contribution >= 0.6 is 0 Å². The van der Waals surface area contributed by atoms with Crippen molar-refractivity contribution in [2.45, 2.75) is 56.7 Å². The third-order valence-corrected chi connectivity index (χ3v) is 5.29. The van der Waals surface area contributed by atoms with Gasteiger partial charge in [0.2, 0.25) is 0 Å². The summed E-state index contributed by atoms with van der Waals surface area (Å²) in [6.07, 6.45) is 7.81. The van der Waals surface area contributed by atoms with Gasteiger partial charge in [-0.15, -0.1) is 0 Å². The Morgan fingerprint density at radius 1 is 1.14 bits per heavy atom. The van der Waals surface area contributed by atoms with Crippen LogP contribution in [-0.4, -0.2) is 24.2 Å². The predicted molar refractivity (Wildman–Crippen MR) is 85.5 cm³/mol. The molecule has 2 N–H and O–H groups in total. The van der Waals surface area contributed by atoms with E-state index in [0.29, 0.717) is 18.2 Å². The van der Waals surface area contributed by atoms with Crippen LogP contribution < -0.4 is 5.32 Å². The Hall–Kier alpha value is -1.32. The Morgan fingerprint density at radius 3 is 2.95 bits per heavy atom. The van der Waals surface area contributed by atoms with Crippen LogP contribution in [0.25, 0.3) is 10.9 Å². The molecule has 3 nitrogen and oxygen atoms in total. The molecule has 1 aromatic heterocycles. The maximum absolute atomic E-state index is 5.64. The molecule has 1 fully saturated rings. The topological polar surface area (TPSA) is 37.0 Å². The summed E-state index contributed by atoms with van der Waals surface area (Å²) >= 11 is 0. The minimum absolute atomic E-state index is 0.389. The van der Waals surface area contributed by atoms with Crippen molar-refractivity contribution in [3.8, 4) is 0 Å². The molecule has 4 rings (SSSR count). The number of para-hydroxylation sites is 1. The van der Waals surface area contributed by atoms with Crippen LogP contribution in [0.3, 0.4) is 0 Å². The number of nitrogens with one attached hydrogen (secondary N) is 2. The second kappa shape index (κ2) is 5.47. The molecule has 3 unspecified atom stereocenters. The molecule has 0 radical (unpaired) electrons. The van der Waals surface area contributed by atoms with Crippen molar-refractivity contribution in [1.82, 2.24) is 10.3 Å². The number of hydrogen-bond acceptors (Lipinski definition) is 2. The maximum Gasteiger partial charge on any atom is 0.0724 e. The van der Waals surface area contributed by atoms with Gasteiger partial charge in [0.1, 0.15) is 0 Å². The maximum atomic E-state index is 5.64. The highest BCUT2D eigenvalue weighted by Crippen LogP contribution is 2.36. The number of fused-ring (bicyclic) bond motifs is 3. The second-order valence-electron chi connectivity index (χ2n) is 6.49. The third kappa shape index (κ3) is 2.29. The molecule has 0 spiro atoms. The molecule has 3 heteroatoms. The smallest absolute Gasteiger partial charge is 0.0724 e. The molecule has 0 bridgehead atoms. The van der Waals surface area contributed by atoms with Gasteiger partial charge in [-0.3, -0.25) is 0 Å². The number of hydrogen-bond donors (Lipinski definition) is 2. The highest BCUT2D eigenvalue weighted by molar-refractivity contribution is 5.85. The second-order valence-corrected chi connectivity index (χ2v) is 6.49. The average molecular weight is 284 g/mol. The monoisotopic (exact) mass is 284 g/mol. The molecule has 2 aromatic rings. The van der Waals surface area contributed by atoms with Crippen LogP contribution in [0.4, 0.5) is 0 Å². The van der Waals surface area contributed by atoms with E-state index in [0.717, 1.165) is 0 Å². The lowest BCUT2D eigenvalue weighted by Gasteiger charge is -2.29. The van der Waals surface area contributed by atoms with Crippen LogP contribution in [0.1, 0.15) is 49.4 Å². The molecule has 2 aliphatic carbocycles. The van der Waals surface area contributed by atoms with Gasteiger partial charge in [0.25, 0.3) is 0 Å². The highest BCUT2D eigenvalue weighted by Gasteiger charge is 2.32. The lowest BCUT2D eigenvalue weighted by atomic mass is 9.91. The van der Waals surface area contributed by atoms with Gasteiger partial charge in [-0.25, -0.2) is 0 Å². The van der Waals surface area contributed by atoms with E-state index in [1.165, 1.54) is 60.7 Å². The standard InChI is InChI=1S/C18H24N2O/c1-21-17-11-5-9-15(17)19-16-10-4-7-13-12-6-2-3-8-14(12)20-18(13)16/h2-3,6,8,15-17,19-20H,4-5,7,9-11H2,1H3. The number of ether oxygens (including phenoxy) is 1. The van der Waals surface area contributed by atoms with Crippen LogP contribution in [0.5, 0.6) is 0 Å². The van der Waals surface area contributed by atoms with Gasteiger partial charge in [0, 0.05) is 35.8 Å². The molecular formula is C18H24N2O. The van der Waals surface area contributed by atoms with Crippen molar-refractivity contribution in [2.75, 3.05) is 7.11 Å². The summed E-state index contributed by atoms with van der Waals surface area (Å²) < 4.78 is 5.64. The van der Waals surface area contributed by atoms with Gasteiger partial charge >= 0.3 is 0 Å². The van der Waals surface area contributed by atoms with Crippen LogP contribution in [0.2, 0.25) is 0 Å². The summed E-state index contributed by atoms with van der Waals surface area (Å²) in [7, 11) is 1.85. The zero-order valence-electron chi connectivity index (χ0n) is 12.7. The largest absolute Gasteiger partial charge is 0.380 e. The van der Waals surface area contributed by atoms with E-state index in [4.69, 9.17) is 4.74 Å². The van der Waals surface area contributed by atoms with Gasteiger partial charge in [0.15, 0.2) is 0 Å². The molecular weight excluding hydrogens is 260 g/mol. The number of H-pyrrole nitrogens is 1. The Labute approximate surface area is 126 Å². The minimum Gasteiger partial charge on any atom is -0.380 e. The number of aromatic nitrogens is 1. The first-order valence-corrected chi connectivity index (χ1v) is 8.25. The van der Waals surface area contributed by atoms with Crippen molar-refractivity contribution in [2.24, 2.45) is 0 Å². The van der Waals surface area contributed by atoms with E-state index in [-0.39, 0.29) is 0 Å². The van der Waals surface area contributed by atoms with Gasteiger partial charge in [-0.2, -0.15) is 0 Å². The molecule has 3 atom stereocenters. The summed E-state index contributed by atoms with van der Waals surface area (Å²) in [5.74, 6) is 0. The predicted octanol–water partition coefficient (Wildman–Crippen LogP) is 3.70. The summed E-state index contributed by atoms with van der Waals surface area (Å²) in [4.78, 5) is 3.67. The SMILES string of the molecule is COC1CCCC1NC1CCCc2c1[nH]c1ccccc21. The van der Waals surface area contributed by atoms with E-state index < -0.39 is 0 Å². The molecule has 0 amide bonds. The number of rotatable bonds is 3.